The number of hydrogen-bond acceptors (Lipinski definition) is 6. The molecule has 7 heteroatoms. The molecule has 2 N–H and O–H groups in total. The molecular weight excluding hydrogens is 352 g/mol. The molecule has 1 amide bonds. The monoisotopic (exact) mass is 374 g/mol. The van der Waals surface area contributed by atoms with Crippen molar-refractivity contribution < 1.29 is 4.79 Å². The average Bonchev–Trinajstić information content (AvgIpc) is 3.07. The number of aryl methyl sites for hydroxylation is 1. The van der Waals surface area contributed by atoms with E-state index < -0.39 is 0 Å². The van der Waals surface area contributed by atoms with Gasteiger partial charge in [-0.3, -0.25) is 4.79 Å². The van der Waals surface area contributed by atoms with Crippen LogP contribution in [0.15, 0.2) is 41.3 Å². The lowest BCUT2D eigenvalue weighted by Crippen LogP contribution is -2.35. The van der Waals surface area contributed by atoms with Gasteiger partial charge in [0.1, 0.15) is 0 Å². The Morgan fingerprint density at radius 3 is 3.16 bits per heavy atom. The Balaban J connectivity index is 1.58. The van der Waals surface area contributed by atoms with Gasteiger partial charge in [-0.2, -0.15) is 0 Å². The number of aromatic nitrogens is 2. The summed E-state index contributed by atoms with van der Waals surface area (Å²) in [4.78, 5) is 12.6. The molecule has 1 aromatic heterocycles. The van der Waals surface area contributed by atoms with Crippen molar-refractivity contribution in [2.24, 2.45) is 0 Å². The molecule has 2 atom stereocenters. The van der Waals surface area contributed by atoms with Crippen molar-refractivity contribution in [3.8, 4) is 0 Å². The van der Waals surface area contributed by atoms with Crippen LogP contribution in [0.5, 0.6) is 0 Å². The van der Waals surface area contributed by atoms with Crippen LogP contribution in [0, 0.1) is 0 Å². The molecule has 1 aromatic carbocycles. The Hall–Kier alpha value is -1.86. The molecule has 0 aliphatic heterocycles. The summed E-state index contributed by atoms with van der Waals surface area (Å²) in [5.41, 5.74) is 2.60. The van der Waals surface area contributed by atoms with E-state index in [0.29, 0.717) is 6.54 Å². The van der Waals surface area contributed by atoms with E-state index in [1.165, 1.54) is 34.2 Å². The first-order valence-electron chi connectivity index (χ1n) is 8.40. The minimum atomic E-state index is -0.214. The molecule has 5 nitrogen and oxygen atoms in total. The SMILES string of the molecule is C=CCNc1nnc(S[C@H](C)C(=O)N[C@H]2CCCc3ccccc32)s1. The number of thioether (sulfide) groups is 1. The van der Waals surface area contributed by atoms with E-state index in [0.717, 1.165) is 28.7 Å². The summed E-state index contributed by atoms with van der Waals surface area (Å²) in [6, 6.07) is 8.50. The highest BCUT2D eigenvalue weighted by Gasteiger charge is 2.24. The number of amides is 1. The van der Waals surface area contributed by atoms with Crippen molar-refractivity contribution >= 4 is 34.1 Å². The zero-order valence-corrected chi connectivity index (χ0v) is 15.8. The quantitative estimate of drug-likeness (QED) is 0.570. The van der Waals surface area contributed by atoms with Crippen molar-refractivity contribution in [3.63, 3.8) is 0 Å². The van der Waals surface area contributed by atoms with Crippen LogP contribution in [0.25, 0.3) is 0 Å². The first-order chi connectivity index (χ1) is 12.2. The number of rotatable bonds is 7. The summed E-state index contributed by atoms with van der Waals surface area (Å²) in [5, 5.41) is 15.0. The fraction of sp³-hybridized carbons (Fsp3) is 0.389. The Bertz CT molecular complexity index is 746. The Morgan fingerprint density at radius 1 is 1.48 bits per heavy atom. The lowest BCUT2D eigenvalue weighted by molar-refractivity contribution is -0.121. The number of anilines is 1. The fourth-order valence-corrected chi connectivity index (χ4v) is 4.80. The number of nitrogens with one attached hydrogen (secondary N) is 2. The first-order valence-corrected chi connectivity index (χ1v) is 10.1. The molecule has 0 radical (unpaired) electrons. The standard InChI is InChI=1S/C18H22N4OS2/c1-3-11-19-17-21-22-18(25-17)24-12(2)16(23)20-15-10-6-8-13-7-4-5-9-14(13)15/h3-5,7,9,12,15H,1,6,8,10-11H2,2H3,(H,19,21)(H,20,23)/t12-,15+/m1/s1. The van der Waals surface area contributed by atoms with Crippen molar-refractivity contribution in [1.29, 1.82) is 0 Å². The van der Waals surface area contributed by atoms with E-state index in [-0.39, 0.29) is 17.2 Å². The topological polar surface area (TPSA) is 66.9 Å². The normalized spacial score (nSPS) is 17.4. The van der Waals surface area contributed by atoms with Gasteiger partial charge in [0.2, 0.25) is 11.0 Å². The van der Waals surface area contributed by atoms with E-state index in [1.54, 1.807) is 6.08 Å². The minimum Gasteiger partial charge on any atom is -0.357 e. The molecule has 1 heterocycles. The second-order valence-electron chi connectivity index (χ2n) is 5.95. The number of fused-ring (bicyclic) bond motifs is 1. The van der Waals surface area contributed by atoms with Gasteiger partial charge in [-0.25, -0.2) is 0 Å². The molecule has 0 spiro atoms. The van der Waals surface area contributed by atoms with E-state index in [4.69, 9.17) is 0 Å². The molecule has 0 saturated carbocycles. The second kappa shape index (κ2) is 8.49. The van der Waals surface area contributed by atoms with Crippen molar-refractivity contribution in [2.45, 2.75) is 41.8 Å². The number of carbonyl (C=O) groups excluding carboxylic acids is 1. The third-order valence-electron chi connectivity index (χ3n) is 4.14. The third-order valence-corrected chi connectivity index (χ3v) is 6.20. The van der Waals surface area contributed by atoms with Crippen LogP contribution >= 0.6 is 23.1 Å². The van der Waals surface area contributed by atoms with Crippen LogP contribution in [0.4, 0.5) is 5.13 Å². The summed E-state index contributed by atoms with van der Waals surface area (Å²) in [7, 11) is 0. The van der Waals surface area contributed by atoms with Crippen LogP contribution in [0.3, 0.4) is 0 Å². The molecule has 1 aliphatic rings. The first kappa shape index (κ1) is 17.9. The minimum absolute atomic E-state index is 0.0440. The maximum absolute atomic E-state index is 12.6. The van der Waals surface area contributed by atoms with E-state index in [1.807, 2.05) is 13.0 Å². The molecule has 3 rings (SSSR count). The van der Waals surface area contributed by atoms with E-state index >= 15 is 0 Å². The van der Waals surface area contributed by atoms with Gasteiger partial charge in [-0.05, 0) is 37.3 Å². The van der Waals surface area contributed by atoms with E-state index in [2.05, 4.69) is 45.6 Å². The Kier molecular flexibility index (Phi) is 6.09. The lowest BCUT2D eigenvalue weighted by atomic mass is 9.88. The van der Waals surface area contributed by atoms with Crippen LogP contribution in [-0.4, -0.2) is 27.9 Å². The highest BCUT2D eigenvalue weighted by atomic mass is 32.2. The van der Waals surface area contributed by atoms with E-state index in [9.17, 15) is 4.79 Å². The van der Waals surface area contributed by atoms with Crippen LogP contribution in [0.2, 0.25) is 0 Å². The van der Waals surface area contributed by atoms with Gasteiger partial charge in [-0.1, -0.05) is 53.4 Å². The van der Waals surface area contributed by atoms with Gasteiger partial charge < -0.3 is 10.6 Å². The molecule has 2 aromatic rings. The zero-order chi connectivity index (χ0) is 17.6. The van der Waals surface area contributed by atoms with Crippen molar-refractivity contribution in [1.82, 2.24) is 15.5 Å². The Labute approximate surface area is 156 Å². The summed E-state index contributed by atoms with van der Waals surface area (Å²) in [5.74, 6) is 0.0440. The van der Waals surface area contributed by atoms with Gasteiger partial charge in [0.25, 0.3) is 0 Å². The smallest absolute Gasteiger partial charge is 0.233 e. The Morgan fingerprint density at radius 2 is 2.32 bits per heavy atom. The molecule has 1 aliphatic carbocycles. The average molecular weight is 375 g/mol. The van der Waals surface area contributed by atoms with Gasteiger partial charge in [-0.15, -0.1) is 16.8 Å². The van der Waals surface area contributed by atoms with Crippen LogP contribution in [-0.2, 0) is 11.2 Å². The predicted molar refractivity (Wildman–Crippen MR) is 104 cm³/mol. The summed E-state index contributed by atoms with van der Waals surface area (Å²) >= 11 is 2.90. The summed E-state index contributed by atoms with van der Waals surface area (Å²) in [6.45, 7) is 6.22. The molecule has 0 saturated heterocycles. The lowest BCUT2D eigenvalue weighted by Gasteiger charge is -2.27. The number of carbonyl (C=O) groups is 1. The molecule has 0 fully saturated rings. The second-order valence-corrected chi connectivity index (χ2v) is 8.52. The summed E-state index contributed by atoms with van der Waals surface area (Å²) < 4.78 is 0.790. The van der Waals surface area contributed by atoms with Gasteiger partial charge in [0, 0.05) is 6.54 Å². The zero-order valence-electron chi connectivity index (χ0n) is 14.2. The van der Waals surface area contributed by atoms with Gasteiger partial charge >= 0.3 is 0 Å². The highest BCUT2D eigenvalue weighted by Crippen LogP contribution is 2.32. The van der Waals surface area contributed by atoms with Crippen molar-refractivity contribution in [2.75, 3.05) is 11.9 Å². The number of benzene rings is 1. The third kappa shape index (κ3) is 4.61. The molecule has 132 valence electrons. The highest BCUT2D eigenvalue weighted by molar-refractivity contribution is 8.02. The van der Waals surface area contributed by atoms with Crippen LogP contribution in [0.1, 0.15) is 36.9 Å². The number of nitrogens with zero attached hydrogens (tertiary/aromatic N) is 2. The van der Waals surface area contributed by atoms with Crippen molar-refractivity contribution in [3.05, 3.63) is 48.0 Å². The summed E-state index contributed by atoms with van der Waals surface area (Å²) in [6.07, 6.45) is 4.97. The molecule has 0 unspecified atom stereocenters. The fourth-order valence-electron chi connectivity index (χ4n) is 2.89. The number of hydrogen-bond donors (Lipinski definition) is 2. The molecule has 25 heavy (non-hydrogen) atoms. The molecule has 0 bridgehead atoms. The largest absolute Gasteiger partial charge is 0.357 e. The van der Waals surface area contributed by atoms with Gasteiger partial charge in [0.05, 0.1) is 11.3 Å². The van der Waals surface area contributed by atoms with Crippen LogP contribution < -0.4 is 10.6 Å². The maximum Gasteiger partial charge on any atom is 0.233 e. The van der Waals surface area contributed by atoms with Gasteiger partial charge in [0.15, 0.2) is 4.34 Å². The maximum atomic E-state index is 12.6. The predicted octanol–water partition coefficient (Wildman–Crippen LogP) is 3.81. The molecular formula is C18H22N4OS2.